The highest BCUT2D eigenvalue weighted by molar-refractivity contribution is 8.14. The zero-order chi connectivity index (χ0) is 24.1. The van der Waals surface area contributed by atoms with Gasteiger partial charge in [0.25, 0.3) is 0 Å². The molecule has 1 atom stereocenters. The summed E-state index contributed by atoms with van der Waals surface area (Å²) in [5, 5.41) is 0.237. The van der Waals surface area contributed by atoms with Gasteiger partial charge in [-0.15, -0.1) is 0 Å². The Morgan fingerprint density at radius 1 is 0.943 bits per heavy atom. The van der Waals surface area contributed by atoms with Gasteiger partial charge in [0.15, 0.2) is 11.5 Å². The molecule has 1 aliphatic heterocycles. The van der Waals surface area contributed by atoms with Crippen molar-refractivity contribution < 1.29 is 9.21 Å². The number of carbonyl (C=O) groups excluding carboxylic acids is 1. The highest BCUT2D eigenvalue weighted by atomic mass is 32.2. The van der Waals surface area contributed by atoms with Crippen LogP contribution in [0.15, 0.2) is 114 Å². The molecule has 1 saturated heterocycles. The molecule has 5 rings (SSSR count). The number of benzene rings is 3. The Hall–Kier alpha value is -3.41. The molecule has 0 spiro atoms. The molecular formula is C30H28N2O2S. The maximum absolute atomic E-state index is 12.1. The fourth-order valence-corrected chi connectivity index (χ4v) is 6.10. The first-order valence-electron chi connectivity index (χ1n) is 11.9. The van der Waals surface area contributed by atoms with E-state index in [1.54, 1.807) is 13.1 Å². The van der Waals surface area contributed by atoms with Gasteiger partial charge in [-0.3, -0.25) is 9.69 Å². The average Bonchev–Trinajstić information content (AvgIpc) is 3.41. The molecule has 4 nitrogen and oxygen atoms in total. The van der Waals surface area contributed by atoms with Gasteiger partial charge < -0.3 is 4.42 Å². The lowest BCUT2D eigenvalue weighted by atomic mass is 9.74. The number of likely N-dealkylation sites (tertiary alicyclic amines) is 1. The van der Waals surface area contributed by atoms with Gasteiger partial charge >= 0.3 is 0 Å². The van der Waals surface area contributed by atoms with E-state index in [2.05, 4.69) is 107 Å². The smallest absolute Gasteiger partial charge is 0.186 e. The molecule has 0 radical (unpaired) electrons. The number of hydrogen-bond acceptors (Lipinski definition) is 5. The summed E-state index contributed by atoms with van der Waals surface area (Å²) in [6.07, 6.45) is 6.09. The number of carbonyl (C=O) groups is 1. The van der Waals surface area contributed by atoms with Crippen LogP contribution in [0.4, 0.5) is 0 Å². The minimum absolute atomic E-state index is 0.105. The maximum Gasteiger partial charge on any atom is 0.186 e. The molecule has 5 heteroatoms. The molecular weight excluding hydrogens is 452 g/mol. The molecule has 0 bridgehead atoms. The Bertz CT molecular complexity index is 1180. The summed E-state index contributed by atoms with van der Waals surface area (Å²) in [7, 11) is 0. The highest BCUT2D eigenvalue weighted by Gasteiger charge is 2.44. The summed E-state index contributed by atoms with van der Waals surface area (Å²) < 4.78 is 5.56. The molecule has 1 unspecified atom stereocenters. The van der Waals surface area contributed by atoms with Gasteiger partial charge in [0.05, 0.1) is 11.7 Å². The predicted octanol–water partition coefficient (Wildman–Crippen LogP) is 6.40. The molecule has 3 aromatic carbocycles. The second kappa shape index (κ2) is 10.5. The SMILES string of the molecule is CC(=O)SC1CCN(C(c2ccccc2)(c2ccccc2)c2ccccc2)C/C1=C\c1cnco1. The number of hydrogen-bond donors (Lipinski definition) is 0. The van der Waals surface area contributed by atoms with E-state index in [0.29, 0.717) is 12.3 Å². The minimum atomic E-state index is -0.490. The van der Waals surface area contributed by atoms with Crippen molar-refractivity contribution >= 4 is 23.0 Å². The van der Waals surface area contributed by atoms with Crippen LogP contribution in [-0.2, 0) is 10.3 Å². The summed E-state index contributed by atoms with van der Waals surface area (Å²) in [6, 6.07) is 32.2. The summed E-state index contributed by atoms with van der Waals surface area (Å²) >= 11 is 1.41. The van der Waals surface area contributed by atoms with Gasteiger partial charge in [-0.05, 0) is 34.8 Å². The number of oxazole rings is 1. The molecule has 0 N–H and O–H groups in total. The minimum Gasteiger partial charge on any atom is -0.444 e. The van der Waals surface area contributed by atoms with Crippen LogP contribution in [0.2, 0.25) is 0 Å². The van der Waals surface area contributed by atoms with Crippen molar-refractivity contribution in [3.05, 3.63) is 132 Å². The second-order valence-electron chi connectivity index (χ2n) is 8.74. The van der Waals surface area contributed by atoms with E-state index in [1.165, 1.54) is 40.4 Å². The third-order valence-electron chi connectivity index (χ3n) is 6.58. The maximum atomic E-state index is 12.1. The van der Waals surface area contributed by atoms with E-state index in [0.717, 1.165) is 13.0 Å². The lowest BCUT2D eigenvalue weighted by Gasteiger charge is -2.49. The Balaban J connectivity index is 1.69. The molecule has 0 aliphatic carbocycles. The van der Waals surface area contributed by atoms with Gasteiger partial charge in [0.1, 0.15) is 5.76 Å². The first-order chi connectivity index (χ1) is 17.2. The molecule has 1 aliphatic rings. The van der Waals surface area contributed by atoms with Crippen molar-refractivity contribution in [1.82, 2.24) is 9.88 Å². The van der Waals surface area contributed by atoms with Crippen LogP contribution >= 0.6 is 11.8 Å². The number of piperidine rings is 1. The molecule has 1 aromatic heterocycles. The summed E-state index contributed by atoms with van der Waals surface area (Å²) in [5.74, 6) is 0.709. The van der Waals surface area contributed by atoms with Gasteiger partial charge in [-0.1, -0.05) is 103 Å². The molecule has 0 saturated carbocycles. The van der Waals surface area contributed by atoms with Gasteiger partial charge in [0, 0.05) is 25.3 Å². The Morgan fingerprint density at radius 3 is 1.94 bits per heavy atom. The Morgan fingerprint density at radius 2 is 1.49 bits per heavy atom. The van der Waals surface area contributed by atoms with Crippen molar-refractivity contribution in [3.8, 4) is 0 Å². The summed E-state index contributed by atoms with van der Waals surface area (Å²) in [5.41, 5.74) is 4.33. The van der Waals surface area contributed by atoms with E-state index in [4.69, 9.17) is 4.42 Å². The zero-order valence-electron chi connectivity index (χ0n) is 19.7. The van der Waals surface area contributed by atoms with Crippen molar-refractivity contribution in [2.45, 2.75) is 24.1 Å². The summed E-state index contributed by atoms with van der Waals surface area (Å²) in [4.78, 5) is 18.7. The molecule has 176 valence electrons. The molecule has 1 fully saturated rings. The van der Waals surface area contributed by atoms with E-state index in [1.807, 2.05) is 0 Å². The van der Waals surface area contributed by atoms with Gasteiger partial charge in [-0.25, -0.2) is 4.98 Å². The zero-order valence-corrected chi connectivity index (χ0v) is 20.5. The lowest BCUT2D eigenvalue weighted by molar-refractivity contribution is -0.109. The first kappa shape index (κ1) is 23.3. The van der Waals surface area contributed by atoms with Crippen molar-refractivity contribution in [2.75, 3.05) is 13.1 Å². The van der Waals surface area contributed by atoms with Crippen LogP contribution in [0.1, 0.15) is 35.8 Å². The standard InChI is InChI=1S/C30H28N2O2S/c1-23(33)35-29-17-18-32(21-24(29)19-28-20-31-22-34-28)30(25-11-5-2-6-12-25,26-13-7-3-8-14-26)27-15-9-4-10-16-27/h2-16,19-20,22,29H,17-18,21H2,1H3/b24-19+. The Labute approximate surface area is 210 Å². The number of aromatic nitrogens is 1. The fourth-order valence-electron chi connectivity index (χ4n) is 5.18. The normalized spacial score (nSPS) is 18.0. The van der Waals surface area contributed by atoms with E-state index in [9.17, 15) is 4.79 Å². The van der Waals surface area contributed by atoms with Crippen LogP contribution in [0, 0.1) is 0 Å². The van der Waals surface area contributed by atoms with E-state index in [-0.39, 0.29) is 10.4 Å². The fraction of sp³-hybridized carbons (Fsp3) is 0.200. The second-order valence-corrected chi connectivity index (χ2v) is 10.1. The first-order valence-corrected chi connectivity index (χ1v) is 12.7. The number of nitrogens with zero attached hydrogens (tertiary/aromatic N) is 2. The highest BCUT2D eigenvalue weighted by Crippen LogP contribution is 2.45. The number of rotatable bonds is 6. The van der Waals surface area contributed by atoms with Crippen LogP contribution in [0.5, 0.6) is 0 Å². The molecule has 0 amide bonds. The van der Waals surface area contributed by atoms with E-state index < -0.39 is 5.54 Å². The molecule has 4 aromatic rings. The molecule has 2 heterocycles. The van der Waals surface area contributed by atoms with Gasteiger partial charge in [0.2, 0.25) is 0 Å². The van der Waals surface area contributed by atoms with Crippen molar-refractivity contribution in [3.63, 3.8) is 0 Å². The molecule has 35 heavy (non-hydrogen) atoms. The Kier molecular flexibility index (Phi) is 6.98. The summed E-state index contributed by atoms with van der Waals surface area (Å²) in [6.45, 7) is 3.19. The van der Waals surface area contributed by atoms with E-state index >= 15 is 0 Å². The van der Waals surface area contributed by atoms with Crippen LogP contribution in [-0.4, -0.2) is 33.3 Å². The van der Waals surface area contributed by atoms with Crippen molar-refractivity contribution in [2.24, 2.45) is 0 Å². The van der Waals surface area contributed by atoms with Crippen molar-refractivity contribution in [1.29, 1.82) is 0 Å². The van der Waals surface area contributed by atoms with Crippen LogP contribution in [0.25, 0.3) is 6.08 Å². The van der Waals surface area contributed by atoms with Crippen LogP contribution in [0.3, 0.4) is 0 Å². The third-order valence-corrected chi connectivity index (χ3v) is 7.74. The topological polar surface area (TPSA) is 46.3 Å². The number of thioether (sulfide) groups is 1. The van der Waals surface area contributed by atoms with Crippen LogP contribution < -0.4 is 0 Å². The monoisotopic (exact) mass is 480 g/mol. The largest absolute Gasteiger partial charge is 0.444 e. The lowest BCUT2D eigenvalue weighted by Crippen LogP contribution is -2.52. The predicted molar refractivity (Wildman–Crippen MR) is 142 cm³/mol. The van der Waals surface area contributed by atoms with Gasteiger partial charge in [-0.2, -0.15) is 0 Å². The quantitative estimate of drug-likeness (QED) is 0.299. The third kappa shape index (κ3) is 4.75. The average molecular weight is 481 g/mol.